The summed E-state index contributed by atoms with van der Waals surface area (Å²) in [5, 5.41) is 15.5. The number of H-pyrrole nitrogens is 1. The summed E-state index contributed by atoms with van der Waals surface area (Å²) < 4.78 is 5.12. The summed E-state index contributed by atoms with van der Waals surface area (Å²) in [4.78, 5) is 4.08. The molecule has 0 aliphatic heterocycles. The number of ether oxygens (including phenoxy) is 1. The number of aromatic amines is 1. The monoisotopic (exact) mass is 234 g/mol. The van der Waals surface area contributed by atoms with Gasteiger partial charge >= 0.3 is 0 Å². The second kappa shape index (κ2) is 4.94. The van der Waals surface area contributed by atoms with E-state index < -0.39 is 6.04 Å². The van der Waals surface area contributed by atoms with Crippen molar-refractivity contribution >= 4 is 0 Å². The number of nitrogens with one attached hydrogen (secondary N) is 1. The van der Waals surface area contributed by atoms with Crippen LogP contribution in [0.5, 0.6) is 5.75 Å². The first-order valence-electron chi connectivity index (χ1n) is 5.16. The van der Waals surface area contributed by atoms with Gasteiger partial charge in [0.1, 0.15) is 18.2 Å². The van der Waals surface area contributed by atoms with Gasteiger partial charge in [-0.25, -0.2) is 4.98 Å². The first kappa shape index (κ1) is 11.6. The van der Waals surface area contributed by atoms with E-state index in [0.29, 0.717) is 11.6 Å². The van der Waals surface area contributed by atoms with E-state index in [1.807, 2.05) is 24.3 Å². The fourth-order valence-corrected chi connectivity index (χ4v) is 1.50. The van der Waals surface area contributed by atoms with Crippen molar-refractivity contribution in [3.63, 3.8) is 0 Å². The Kier molecular flexibility index (Phi) is 3.36. The number of hydrogen-bond acceptors (Lipinski definition) is 5. The number of nitrogens with zero attached hydrogens (tertiary/aromatic N) is 2. The molecular formula is C11H14N4O2. The van der Waals surface area contributed by atoms with Crippen molar-refractivity contribution in [3.05, 3.63) is 41.5 Å². The highest BCUT2D eigenvalue weighted by atomic mass is 16.5. The number of benzene rings is 1. The highest BCUT2D eigenvalue weighted by Gasteiger charge is 2.14. The van der Waals surface area contributed by atoms with Crippen LogP contribution in [0.1, 0.15) is 23.3 Å². The Morgan fingerprint density at radius 1 is 1.53 bits per heavy atom. The second-order valence-electron chi connectivity index (χ2n) is 3.55. The Labute approximate surface area is 98.4 Å². The molecule has 17 heavy (non-hydrogen) atoms. The second-order valence-corrected chi connectivity index (χ2v) is 3.55. The molecule has 2 aromatic rings. The number of aliphatic hydroxyl groups excluding tert-OH is 1. The molecule has 0 saturated heterocycles. The molecule has 4 N–H and O–H groups in total. The van der Waals surface area contributed by atoms with Crippen molar-refractivity contribution in [3.8, 4) is 5.75 Å². The summed E-state index contributed by atoms with van der Waals surface area (Å²) >= 11 is 0. The molecule has 6 nitrogen and oxygen atoms in total. The van der Waals surface area contributed by atoms with Gasteiger partial charge in [0.2, 0.25) is 0 Å². The zero-order valence-corrected chi connectivity index (χ0v) is 9.42. The van der Waals surface area contributed by atoms with Crippen LogP contribution in [0.2, 0.25) is 0 Å². The third kappa shape index (κ3) is 2.43. The van der Waals surface area contributed by atoms with E-state index in [-0.39, 0.29) is 6.61 Å². The van der Waals surface area contributed by atoms with Gasteiger partial charge in [-0.1, -0.05) is 12.1 Å². The van der Waals surface area contributed by atoms with E-state index in [1.165, 1.54) is 0 Å². The molecule has 1 atom stereocenters. The van der Waals surface area contributed by atoms with E-state index >= 15 is 0 Å². The zero-order valence-electron chi connectivity index (χ0n) is 9.42. The molecule has 0 bridgehead atoms. The minimum atomic E-state index is -0.443. The maximum atomic E-state index is 8.89. The highest BCUT2D eigenvalue weighted by molar-refractivity contribution is 5.32. The lowest BCUT2D eigenvalue weighted by Crippen LogP contribution is -2.13. The summed E-state index contributed by atoms with van der Waals surface area (Å²) in [5.41, 5.74) is 6.88. The Morgan fingerprint density at radius 2 is 2.35 bits per heavy atom. The predicted octanol–water partition coefficient (Wildman–Crippen LogP) is 0.354. The summed E-state index contributed by atoms with van der Waals surface area (Å²) in [6.07, 6.45) is 0. The van der Waals surface area contributed by atoms with Crippen molar-refractivity contribution in [2.24, 2.45) is 5.73 Å². The van der Waals surface area contributed by atoms with Crippen LogP contribution in [-0.4, -0.2) is 27.4 Å². The molecule has 1 aromatic carbocycles. The fourth-order valence-electron chi connectivity index (χ4n) is 1.50. The molecule has 90 valence electrons. The third-order valence-corrected chi connectivity index (χ3v) is 2.43. The molecular weight excluding hydrogens is 220 g/mol. The van der Waals surface area contributed by atoms with Gasteiger partial charge in [0.05, 0.1) is 13.2 Å². The Morgan fingerprint density at radius 3 is 3.00 bits per heavy atom. The van der Waals surface area contributed by atoms with Crippen LogP contribution < -0.4 is 10.5 Å². The molecule has 2 rings (SSSR count). The summed E-state index contributed by atoms with van der Waals surface area (Å²) in [5.74, 6) is 1.58. The van der Waals surface area contributed by atoms with E-state index in [4.69, 9.17) is 15.6 Å². The Hall–Kier alpha value is -1.92. The van der Waals surface area contributed by atoms with Gasteiger partial charge < -0.3 is 15.6 Å². The molecule has 0 saturated carbocycles. The molecule has 1 heterocycles. The molecule has 0 aliphatic rings. The minimum Gasteiger partial charge on any atom is -0.497 e. The van der Waals surface area contributed by atoms with E-state index in [0.717, 1.165) is 11.3 Å². The van der Waals surface area contributed by atoms with Crippen LogP contribution in [0, 0.1) is 0 Å². The maximum absolute atomic E-state index is 8.89. The average Bonchev–Trinajstić information content (AvgIpc) is 2.86. The largest absolute Gasteiger partial charge is 0.497 e. The molecule has 0 amide bonds. The minimum absolute atomic E-state index is 0.183. The number of aliphatic hydroxyl groups is 1. The lowest BCUT2D eigenvalue weighted by molar-refractivity contribution is 0.271. The summed E-state index contributed by atoms with van der Waals surface area (Å²) in [6.45, 7) is -0.183. The van der Waals surface area contributed by atoms with Crippen LogP contribution in [0.25, 0.3) is 0 Å². The van der Waals surface area contributed by atoms with Crippen LogP contribution in [0.15, 0.2) is 24.3 Å². The number of nitrogens with two attached hydrogens (primary N) is 1. The molecule has 0 radical (unpaired) electrons. The van der Waals surface area contributed by atoms with E-state index in [2.05, 4.69) is 15.2 Å². The third-order valence-electron chi connectivity index (χ3n) is 2.43. The van der Waals surface area contributed by atoms with E-state index in [1.54, 1.807) is 7.11 Å². The van der Waals surface area contributed by atoms with Crippen molar-refractivity contribution in [1.82, 2.24) is 15.2 Å². The van der Waals surface area contributed by atoms with E-state index in [9.17, 15) is 0 Å². The van der Waals surface area contributed by atoms with Crippen molar-refractivity contribution in [1.29, 1.82) is 0 Å². The lowest BCUT2D eigenvalue weighted by Gasteiger charge is -2.09. The number of methoxy groups -OCH3 is 1. The smallest absolute Gasteiger partial charge is 0.171 e. The van der Waals surface area contributed by atoms with Crippen LogP contribution >= 0.6 is 0 Å². The Bertz CT molecular complexity index is 498. The van der Waals surface area contributed by atoms with Crippen LogP contribution in [0.4, 0.5) is 0 Å². The summed E-state index contributed by atoms with van der Waals surface area (Å²) in [6, 6.07) is 6.96. The van der Waals surface area contributed by atoms with Crippen LogP contribution in [0.3, 0.4) is 0 Å². The lowest BCUT2D eigenvalue weighted by atomic mass is 10.1. The maximum Gasteiger partial charge on any atom is 0.171 e. The molecule has 0 fully saturated rings. The molecule has 1 unspecified atom stereocenters. The quantitative estimate of drug-likeness (QED) is 0.709. The zero-order chi connectivity index (χ0) is 12.3. The topological polar surface area (TPSA) is 97.0 Å². The molecule has 0 spiro atoms. The Balaban J connectivity index is 2.26. The van der Waals surface area contributed by atoms with Crippen LogP contribution in [-0.2, 0) is 6.61 Å². The standard InChI is InChI=1S/C11H14N4O2/c1-17-8-4-2-3-7(5-8)10(12)11-13-9(6-16)14-15-11/h2-5,10,16H,6,12H2,1H3,(H,13,14,15). The predicted molar refractivity (Wildman–Crippen MR) is 61.3 cm³/mol. The summed E-state index contributed by atoms with van der Waals surface area (Å²) in [7, 11) is 1.60. The number of hydrogen-bond donors (Lipinski definition) is 3. The average molecular weight is 234 g/mol. The van der Waals surface area contributed by atoms with Gasteiger partial charge in [-0.05, 0) is 17.7 Å². The first-order chi connectivity index (χ1) is 8.24. The van der Waals surface area contributed by atoms with Gasteiger partial charge in [-0.3, -0.25) is 5.10 Å². The van der Waals surface area contributed by atoms with Gasteiger partial charge in [0, 0.05) is 0 Å². The number of rotatable bonds is 4. The SMILES string of the molecule is COc1cccc(C(N)c2n[nH]c(CO)n2)c1. The van der Waals surface area contributed by atoms with Crippen molar-refractivity contribution in [2.75, 3.05) is 7.11 Å². The molecule has 6 heteroatoms. The number of aromatic nitrogens is 3. The van der Waals surface area contributed by atoms with Crippen molar-refractivity contribution in [2.45, 2.75) is 12.6 Å². The first-order valence-corrected chi connectivity index (χ1v) is 5.16. The van der Waals surface area contributed by atoms with Gasteiger partial charge in [-0.15, -0.1) is 0 Å². The fraction of sp³-hybridized carbons (Fsp3) is 0.273. The molecule has 1 aromatic heterocycles. The van der Waals surface area contributed by atoms with Gasteiger partial charge in [0.15, 0.2) is 5.82 Å². The van der Waals surface area contributed by atoms with Gasteiger partial charge in [0.25, 0.3) is 0 Å². The highest BCUT2D eigenvalue weighted by Crippen LogP contribution is 2.20. The normalized spacial score (nSPS) is 12.4. The van der Waals surface area contributed by atoms with Crippen molar-refractivity contribution < 1.29 is 9.84 Å². The molecule has 0 aliphatic carbocycles. The van der Waals surface area contributed by atoms with Gasteiger partial charge in [-0.2, -0.15) is 5.10 Å².